The number of nitrogens with zero attached hydrogens (tertiary/aromatic N) is 3. The van der Waals surface area contributed by atoms with Gasteiger partial charge in [0.15, 0.2) is 0 Å². The lowest BCUT2D eigenvalue weighted by Gasteiger charge is -2.08. The van der Waals surface area contributed by atoms with Gasteiger partial charge in [0.25, 0.3) is 0 Å². The van der Waals surface area contributed by atoms with Crippen molar-refractivity contribution in [2.24, 2.45) is 0 Å². The fraction of sp³-hybridized carbons (Fsp3) is 0.231. The van der Waals surface area contributed by atoms with E-state index in [0.29, 0.717) is 22.0 Å². The van der Waals surface area contributed by atoms with Crippen molar-refractivity contribution in [3.8, 4) is 16.4 Å². The molecule has 0 saturated carbocycles. The van der Waals surface area contributed by atoms with Crippen LogP contribution in [0.3, 0.4) is 0 Å². The molecule has 7 nitrogen and oxygen atoms in total. The van der Waals surface area contributed by atoms with Crippen molar-refractivity contribution in [3.05, 3.63) is 71.7 Å². The van der Waals surface area contributed by atoms with E-state index in [1.54, 1.807) is 22.9 Å². The van der Waals surface area contributed by atoms with Crippen molar-refractivity contribution in [2.45, 2.75) is 38.7 Å². The van der Waals surface area contributed by atoms with E-state index in [9.17, 15) is 19.1 Å². The number of carbonyl (C=O) groups is 2. The molecule has 2 aromatic heterocycles. The van der Waals surface area contributed by atoms with E-state index in [-0.39, 0.29) is 18.2 Å². The van der Waals surface area contributed by atoms with Crippen molar-refractivity contribution in [3.63, 3.8) is 0 Å². The molecule has 0 radical (unpaired) electrons. The fourth-order valence-electron chi connectivity index (χ4n) is 3.76. The van der Waals surface area contributed by atoms with E-state index < -0.39 is 24.3 Å². The highest BCUT2D eigenvalue weighted by atomic mass is 32.1. The summed E-state index contributed by atoms with van der Waals surface area (Å²) in [6.45, 7) is 3.98. The number of carboxylic acid groups (broad SMARTS) is 1. The third-order valence-corrected chi connectivity index (χ3v) is 6.36. The van der Waals surface area contributed by atoms with Gasteiger partial charge in [0.05, 0.1) is 27.7 Å². The molecule has 9 heteroatoms. The molecule has 35 heavy (non-hydrogen) atoms. The van der Waals surface area contributed by atoms with Crippen LogP contribution >= 0.6 is 11.3 Å². The molecular formula is C26H24FN3O4S. The van der Waals surface area contributed by atoms with Crippen molar-refractivity contribution >= 4 is 39.4 Å². The zero-order valence-electron chi connectivity index (χ0n) is 19.2. The summed E-state index contributed by atoms with van der Waals surface area (Å²) in [6.07, 6.45) is 1.03. The van der Waals surface area contributed by atoms with Gasteiger partial charge in [-0.1, -0.05) is 49.5 Å². The predicted molar refractivity (Wildman–Crippen MR) is 133 cm³/mol. The average Bonchev–Trinajstić information content (AvgIpc) is 3.39. The number of aliphatic hydroxyl groups excluding tert-OH is 1. The number of hydrogen-bond acceptors (Lipinski definition) is 6. The van der Waals surface area contributed by atoms with Crippen LogP contribution in [-0.2, 0) is 9.59 Å². The number of aliphatic carboxylic acids is 1. The molecule has 1 atom stereocenters. The molecule has 0 aliphatic heterocycles. The maximum atomic E-state index is 13.7. The van der Waals surface area contributed by atoms with Crippen LogP contribution < -0.4 is 0 Å². The molecule has 0 amide bonds. The Morgan fingerprint density at radius 2 is 1.86 bits per heavy atom. The standard InChI is InChI=1S/C26H24FN3O4S/c1-15(2)24-20(12-11-18(31)13-19(32)14-23(33)34)25(16-7-9-17(27)10-8-16)30(29-24)26-28-21-5-3-4-6-22(21)35-26/h3-12,15,18,31H,13-14H2,1-2H3,(H,33,34). The number of thiazole rings is 1. The van der Waals surface area contributed by atoms with Crippen LogP contribution in [0, 0.1) is 5.82 Å². The Labute approximate surface area is 205 Å². The third-order valence-electron chi connectivity index (χ3n) is 5.35. The molecule has 0 saturated heterocycles. The summed E-state index contributed by atoms with van der Waals surface area (Å²) in [5.74, 6) is -2.16. The highest BCUT2D eigenvalue weighted by molar-refractivity contribution is 7.20. The lowest BCUT2D eigenvalue weighted by Crippen LogP contribution is -2.14. The molecule has 180 valence electrons. The average molecular weight is 494 g/mol. The first-order valence-electron chi connectivity index (χ1n) is 11.1. The van der Waals surface area contributed by atoms with Gasteiger partial charge in [-0.05, 0) is 42.3 Å². The van der Waals surface area contributed by atoms with Gasteiger partial charge < -0.3 is 10.2 Å². The Balaban J connectivity index is 1.83. The van der Waals surface area contributed by atoms with Crippen molar-refractivity contribution in [1.29, 1.82) is 0 Å². The van der Waals surface area contributed by atoms with Crippen molar-refractivity contribution in [2.75, 3.05) is 0 Å². The summed E-state index contributed by atoms with van der Waals surface area (Å²) in [7, 11) is 0. The normalized spacial score (nSPS) is 12.6. The number of carboxylic acids is 1. The largest absolute Gasteiger partial charge is 0.481 e. The first kappa shape index (κ1) is 24.4. The predicted octanol–water partition coefficient (Wildman–Crippen LogP) is 5.22. The minimum absolute atomic E-state index is 0.00950. The molecule has 1 unspecified atom stereocenters. The molecule has 0 fully saturated rings. The highest BCUT2D eigenvalue weighted by Crippen LogP contribution is 2.36. The van der Waals surface area contributed by atoms with Crippen LogP contribution in [0.4, 0.5) is 4.39 Å². The molecule has 0 aliphatic carbocycles. The minimum atomic E-state index is -1.23. The molecule has 4 aromatic rings. The van der Waals surface area contributed by atoms with Crippen molar-refractivity contribution in [1.82, 2.24) is 14.8 Å². The number of fused-ring (bicyclic) bond motifs is 1. The number of rotatable bonds is 9. The minimum Gasteiger partial charge on any atom is -0.481 e. The van der Waals surface area contributed by atoms with Crippen LogP contribution in [0.2, 0.25) is 0 Å². The van der Waals surface area contributed by atoms with Crippen LogP contribution in [0.15, 0.2) is 54.6 Å². The van der Waals surface area contributed by atoms with E-state index in [1.807, 2.05) is 38.1 Å². The van der Waals surface area contributed by atoms with E-state index in [1.165, 1.54) is 29.5 Å². The second kappa shape index (κ2) is 10.3. The Bertz CT molecular complexity index is 1370. The Kier molecular flexibility index (Phi) is 7.18. The number of aliphatic hydroxyl groups is 1. The van der Waals surface area contributed by atoms with Crippen LogP contribution in [0.25, 0.3) is 32.7 Å². The second-order valence-electron chi connectivity index (χ2n) is 8.42. The highest BCUT2D eigenvalue weighted by Gasteiger charge is 2.23. The molecule has 0 spiro atoms. The van der Waals surface area contributed by atoms with Gasteiger partial charge >= 0.3 is 5.97 Å². The Hall–Kier alpha value is -3.69. The summed E-state index contributed by atoms with van der Waals surface area (Å²) in [4.78, 5) is 27.3. The molecule has 2 N–H and O–H groups in total. The number of benzene rings is 2. The fourth-order valence-corrected chi connectivity index (χ4v) is 4.69. The van der Waals surface area contributed by atoms with Crippen LogP contribution in [0.5, 0.6) is 0 Å². The number of hydrogen-bond donors (Lipinski definition) is 2. The molecule has 4 rings (SSSR count). The SMILES string of the molecule is CC(C)c1nn(-c2nc3ccccc3s2)c(-c2ccc(F)cc2)c1C=CC(O)CC(=O)CC(=O)O. The van der Waals surface area contributed by atoms with E-state index in [4.69, 9.17) is 15.2 Å². The zero-order valence-corrected chi connectivity index (χ0v) is 20.0. The van der Waals surface area contributed by atoms with E-state index in [0.717, 1.165) is 15.9 Å². The number of aromatic nitrogens is 3. The summed E-state index contributed by atoms with van der Waals surface area (Å²) in [5, 5.41) is 24.6. The lowest BCUT2D eigenvalue weighted by molar-refractivity contribution is -0.140. The van der Waals surface area contributed by atoms with Gasteiger partial charge in [-0.3, -0.25) is 9.59 Å². The van der Waals surface area contributed by atoms with Crippen molar-refractivity contribution < 1.29 is 24.2 Å². The maximum Gasteiger partial charge on any atom is 0.310 e. The topological polar surface area (TPSA) is 105 Å². The van der Waals surface area contributed by atoms with Crippen LogP contribution in [-0.4, -0.2) is 42.8 Å². The first-order chi connectivity index (χ1) is 16.7. The first-order valence-corrected chi connectivity index (χ1v) is 11.9. The zero-order chi connectivity index (χ0) is 25.1. The van der Waals surface area contributed by atoms with E-state index >= 15 is 0 Å². The van der Waals surface area contributed by atoms with Gasteiger partial charge in [0.2, 0.25) is 5.13 Å². The quantitative estimate of drug-likeness (QED) is 0.310. The maximum absolute atomic E-state index is 13.7. The van der Waals surface area contributed by atoms with Gasteiger partial charge in [0.1, 0.15) is 18.0 Å². The van der Waals surface area contributed by atoms with Gasteiger partial charge in [-0.25, -0.2) is 14.1 Å². The van der Waals surface area contributed by atoms with Gasteiger partial charge in [-0.15, -0.1) is 0 Å². The summed E-state index contributed by atoms with van der Waals surface area (Å²) in [5.41, 5.74) is 3.66. The molecule has 0 aliphatic rings. The van der Waals surface area contributed by atoms with E-state index in [2.05, 4.69) is 0 Å². The molecule has 0 bridgehead atoms. The van der Waals surface area contributed by atoms with Gasteiger partial charge in [0, 0.05) is 17.5 Å². The monoisotopic (exact) mass is 493 g/mol. The summed E-state index contributed by atoms with van der Waals surface area (Å²) in [6, 6.07) is 13.8. The van der Waals surface area contributed by atoms with Gasteiger partial charge in [-0.2, -0.15) is 5.10 Å². The third kappa shape index (κ3) is 5.52. The number of Topliss-reactive ketones (excluding diaryl/α,β-unsaturated/α-hetero) is 1. The second-order valence-corrected chi connectivity index (χ2v) is 9.43. The Morgan fingerprint density at radius 3 is 2.51 bits per heavy atom. The summed E-state index contributed by atoms with van der Waals surface area (Å²) >= 11 is 1.48. The Morgan fingerprint density at radius 1 is 1.14 bits per heavy atom. The molecule has 2 heterocycles. The number of para-hydroxylation sites is 1. The lowest BCUT2D eigenvalue weighted by atomic mass is 9.99. The molecule has 2 aromatic carbocycles. The summed E-state index contributed by atoms with van der Waals surface area (Å²) < 4.78 is 16.4. The number of halogens is 1. The molecular weight excluding hydrogens is 469 g/mol. The number of carbonyl (C=O) groups excluding carboxylic acids is 1. The smallest absolute Gasteiger partial charge is 0.310 e. The van der Waals surface area contributed by atoms with Crippen LogP contribution in [0.1, 0.15) is 43.9 Å². The number of ketones is 1.